The first kappa shape index (κ1) is 13.0. The van der Waals surface area contributed by atoms with Crippen LogP contribution in [0.15, 0.2) is 0 Å². The Morgan fingerprint density at radius 2 is 1.73 bits per heavy atom. The lowest BCUT2D eigenvalue weighted by Crippen LogP contribution is -2.43. The summed E-state index contributed by atoms with van der Waals surface area (Å²) in [6, 6.07) is 0.744. The zero-order valence-corrected chi connectivity index (χ0v) is 10.8. The van der Waals surface area contributed by atoms with E-state index in [1.54, 1.807) is 0 Å². The maximum Gasteiger partial charge on any atom is 0.00872 e. The van der Waals surface area contributed by atoms with Crippen LogP contribution in [-0.4, -0.2) is 31.1 Å². The molecule has 0 bridgehead atoms. The molecule has 1 aliphatic rings. The molecule has 0 aliphatic heterocycles. The van der Waals surface area contributed by atoms with Gasteiger partial charge in [0, 0.05) is 12.6 Å². The van der Waals surface area contributed by atoms with Gasteiger partial charge in [0.1, 0.15) is 0 Å². The van der Waals surface area contributed by atoms with Crippen LogP contribution in [0.1, 0.15) is 52.4 Å². The van der Waals surface area contributed by atoms with E-state index in [-0.39, 0.29) is 0 Å². The third-order valence-electron chi connectivity index (χ3n) is 4.25. The predicted octanol–water partition coefficient (Wildman–Crippen LogP) is 2.63. The standard InChI is InChI=1S/C13H28N2/c1-4-12(5-2)15(3)11-13(10-14)8-6-7-9-13/h12H,4-11,14H2,1-3H3. The zero-order chi connectivity index (χ0) is 11.3. The number of hydrogen-bond acceptors (Lipinski definition) is 2. The summed E-state index contributed by atoms with van der Waals surface area (Å²) >= 11 is 0. The van der Waals surface area contributed by atoms with Crippen molar-refractivity contribution in [2.45, 2.75) is 58.4 Å². The Bertz CT molecular complexity index is 169. The first-order valence-electron chi connectivity index (χ1n) is 6.57. The summed E-state index contributed by atoms with van der Waals surface area (Å²) in [5.41, 5.74) is 6.42. The van der Waals surface area contributed by atoms with Crippen LogP contribution in [0.5, 0.6) is 0 Å². The van der Waals surface area contributed by atoms with Crippen molar-refractivity contribution in [3.8, 4) is 0 Å². The van der Waals surface area contributed by atoms with Gasteiger partial charge in [-0.1, -0.05) is 26.7 Å². The summed E-state index contributed by atoms with van der Waals surface area (Å²) in [5.74, 6) is 0. The number of nitrogens with two attached hydrogens (primary N) is 1. The van der Waals surface area contributed by atoms with E-state index in [1.165, 1.54) is 45.1 Å². The second kappa shape index (κ2) is 5.86. The van der Waals surface area contributed by atoms with E-state index in [2.05, 4.69) is 25.8 Å². The topological polar surface area (TPSA) is 29.3 Å². The summed E-state index contributed by atoms with van der Waals surface area (Å²) in [6.45, 7) is 6.65. The normalized spacial score (nSPS) is 20.4. The van der Waals surface area contributed by atoms with Crippen LogP contribution in [0.4, 0.5) is 0 Å². The average Bonchev–Trinajstić information content (AvgIpc) is 2.69. The molecule has 0 unspecified atom stereocenters. The molecule has 0 spiro atoms. The molecule has 0 radical (unpaired) electrons. The van der Waals surface area contributed by atoms with Gasteiger partial charge in [0.2, 0.25) is 0 Å². The lowest BCUT2D eigenvalue weighted by atomic mass is 9.85. The van der Waals surface area contributed by atoms with Crippen molar-refractivity contribution in [3.63, 3.8) is 0 Å². The van der Waals surface area contributed by atoms with Crippen molar-refractivity contribution in [1.82, 2.24) is 4.90 Å². The summed E-state index contributed by atoms with van der Waals surface area (Å²) in [4.78, 5) is 2.54. The van der Waals surface area contributed by atoms with Crippen molar-refractivity contribution in [2.24, 2.45) is 11.1 Å². The van der Waals surface area contributed by atoms with E-state index in [9.17, 15) is 0 Å². The molecule has 0 heterocycles. The smallest absolute Gasteiger partial charge is 0.00872 e. The minimum atomic E-state index is 0.442. The number of hydrogen-bond donors (Lipinski definition) is 1. The van der Waals surface area contributed by atoms with E-state index >= 15 is 0 Å². The maximum absolute atomic E-state index is 5.97. The van der Waals surface area contributed by atoms with Gasteiger partial charge in [-0.15, -0.1) is 0 Å². The highest BCUT2D eigenvalue weighted by Gasteiger charge is 2.34. The van der Waals surface area contributed by atoms with Crippen LogP contribution >= 0.6 is 0 Å². The fourth-order valence-electron chi connectivity index (χ4n) is 3.12. The minimum absolute atomic E-state index is 0.442. The van der Waals surface area contributed by atoms with Gasteiger partial charge in [-0.05, 0) is 44.7 Å². The van der Waals surface area contributed by atoms with Crippen LogP contribution in [-0.2, 0) is 0 Å². The number of nitrogens with zero attached hydrogens (tertiary/aromatic N) is 1. The van der Waals surface area contributed by atoms with Crippen LogP contribution < -0.4 is 5.73 Å². The van der Waals surface area contributed by atoms with Crippen LogP contribution in [0.25, 0.3) is 0 Å². The second-order valence-corrected chi connectivity index (χ2v) is 5.30. The van der Waals surface area contributed by atoms with Crippen molar-refractivity contribution in [3.05, 3.63) is 0 Å². The van der Waals surface area contributed by atoms with Crippen LogP contribution in [0.2, 0.25) is 0 Å². The van der Waals surface area contributed by atoms with Gasteiger partial charge in [-0.25, -0.2) is 0 Å². The van der Waals surface area contributed by atoms with Crippen LogP contribution in [0, 0.1) is 5.41 Å². The molecule has 0 aromatic heterocycles. The molecule has 0 aromatic rings. The third-order valence-corrected chi connectivity index (χ3v) is 4.25. The predicted molar refractivity (Wildman–Crippen MR) is 67.0 cm³/mol. The largest absolute Gasteiger partial charge is 0.330 e. The molecule has 0 amide bonds. The molecule has 15 heavy (non-hydrogen) atoms. The van der Waals surface area contributed by atoms with E-state index in [1.807, 2.05) is 0 Å². The molecule has 2 N–H and O–H groups in total. The second-order valence-electron chi connectivity index (χ2n) is 5.30. The Morgan fingerprint density at radius 1 is 1.20 bits per heavy atom. The fraction of sp³-hybridized carbons (Fsp3) is 1.00. The van der Waals surface area contributed by atoms with E-state index in [4.69, 9.17) is 5.73 Å². The monoisotopic (exact) mass is 212 g/mol. The fourth-order valence-corrected chi connectivity index (χ4v) is 3.12. The molecule has 90 valence electrons. The van der Waals surface area contributed by atoms with Gasteiger partial charge < -0.3 is 10.6 Å². The van der Waals surface area contributed by atoms with Gasteiger partial charge in [0.25, 0.3) is 0 Å². The average molecular weight is 212 g/mol. The van der Waals surface area contributed by atoms with Gasteiger partial charge in [-0.2, -0.15) is 0 Å². The summed E-state index contributed by atoms with van der Waals surface area (Å²) in [6.07, 6.45) is 7.96. The quantitative estimate of drug-likeness (QED) is 0.733. The Labute approximate surface area is 95.2 Å². The molecule has 1 rings (SSSR count). The SMILES string of the molecule is CCC(CC)N(C)CC1(CN)CCCC1. The van der Waals surface area contributed by atoms with Crippen molar-refractivity contribution < 1.29 is 0 Å². The molecule has 2 nitrogen and oxygen atoms in total. The Hall–Kier alpha value is -0.0800. The Kier molecular flexibility index (Phi) is 5.07. The maximum atomic E-state index is 5.97. The molecule has 0 aromatic carbocycles. The minimum Gasteiger partial charge on any atom is -0.330 e. The summed E-state index contributed by atoms with van der Waals surface area (Å²) < 4.78 is 0. The van der Waals surface area contributed by atoms with Crippen molar-refractivity contribution in [2.75, 3.05) is 20.1 Å². The molecule has 0 saturated heterocycles. The molecule has 0 atom stereocenters. The van der Waals surface area contributed by atoms with Crippen LogP contribution in [0.3, 0.4) is 0 Å². The van der Waals surface area contributed by atoms with Gasteiger partial charge in [-0.3, -0.25) is 0 Å². The van der Waals surface area contributed by atoms with Crippen molar-refractivity contribution >= 4 is 0 Å². The summed E-state index contributed by atoms with van der Waals surface area (Å²) in [5, 5.41) is 0. The lowest BCUT2D eigenvalue weighted by Gasteiger charge is -2.36. The molecular formula is C13H28N2. The highest BCUT2D eigenvalue weighted by molar-refractivity contribution is 4.88. The first-order chi connectivity index (χ1) is 7.17. The zero-order valence-electron chi connectivity index (χ0n) is 10.8. The Balaban J connectivity index is 2.50. The van der Waals surface area contributed by atoms with Gasteiger partial charge in [0.15, 0.2) is 0 Å². The van der Waals surface area contributed by atoms with Crippen molar-refractivity contribution in [1.29, 1.82) is 0 Å². The Morgan fingerprint density at radius 3 is 2.13 bits per heavy atom. The van der Waals surface area contributed by atoms with E-state index in [0.717, 1.165) is 12.6 Å². The van der Waals surface area contributed by atoms with Gasteiger partial charge in [0.05, 0.1) is 0 Å². The molecule has 1 fully saturated rings. The molecule has 1 aliphatic carbocycles. The van der Waals surface area contributed by atoms with E-state index < -0.39 is 0 Å². The summed E-state index contributed by atoms with van der Waals surface area (Å²) in [7, 11) is 2.27. The molecular weight excluding hydrogens is 184 g/mol. The van der Waals surface area contributed by atoms with Gasteiger partial charge >= 0.3 is 0 Å². The highest BCUT2D eigenvalue weighted by atomic mass is 15.1. The highest BCUT2D eigenvalue weighted by Crippen LogP contribution is 2.38. The first-order valence-corrected chi connectivity index (χ1v) is 6.57. The van der Waals surface area contributed by atoms with E-state index in [0.29, 0.717) is 5.41 Å². The molecule has 2 heteroatoms. The third kappa shape index (κ3) is 3.18. The number of rotatable bonds is 6. The lowest BCUT2D eigenvalue weighted by molar-refractivity contribution is 0.137. The molecule has 1 saturated carbocycles.